The summed E-state index contributed by atoms with van der Waals surface area (Å²) in [5.41, 5.74) is 0.849. The minimum Gasteiger partial charge on any atom is -0.461 e. The lowest BCUT2D eigenvalue weighted by Crippen LogP contribution is -2.28. The average molecular weight is 274 g/mol. The predicted octanol–water partition coefficient (Wildman–Crippen LogP) is 3.66. The highest BCUT2D eigenvalue weighted by Crippen LogP contribution is 2.41. The number of esters is 1. The number of aldehydes is 1. The quantitative estimate of drug-likeness (QED) is 0.587. The van der Waals surface area contributed by atoms with Gasteiger partial charge in [-0.05, 0) is 23.8 Å². The Balaban J connectivity index is 1.86. The van der Waals surface area contributed by atoms with Crippen molar-refractivity contribution < 1.29 is 14.3 Å². The number of benzene rings is 1. The minimum absolute atomic E-state index is 0.145. The highest BCUT2D eigenvalue weighted by molar-refractivity contribution is 5.71. The molecule has 0 aromatic heterocycles. The summed E-state index contributed by atoms with van der Waals surface area (Å²) < 4.78 is 5.35. The highest BCUT2D eigenvalue weighted by atomic mass is 16.5. The maximum absolute atomic E-state index is 12.0. The average Bonchev–Trinajstić information content (AvgIpc) is 2.47. The van der Waals surface area contributed by atoms with E-state index in [1.807, 2.05) is 30.3 Å². The van der Waals surface area contributed by atoms with E-state index in [1.165, 1.54) is 6.42 Å². The molecule has 0 heterocycles. The van der Waals surface area contributed by atoms with Crippen LogP contribution in [0, 0.1) is 5.41 Å². The minimum atomic E-state index is -0.183. The zero-order chi connectivity index (χ0) is 14.3. The fourth-order valence-corrected chi connectivity index (χ4v) is 3.03. The first-order valence-electron chi connectivity index (χ1n) is 7.37. The molecule has 0 spiro atoms. The normalized spacial score (nSPS) is 17.4. The first kappa shape index (κ1) is 14.8. The summed E-state index contributed by atoms with van der Waals surface area (Å²) >= 11 is 0. The van der Waals surface area contributed by atoms with Gasteiger partial charge in [-0.25, -0.2) is 0 Å². The summed E-state index contributed by atoms with van der Waals surface area (Å²) in [6.07, 6.45) is 7.17. The van der Waals surface area contributed by atoms with E-state index in [2.05, 4.69) is 0 Å². The molecule has 0 N–H and O–H groups in total. The van der Waals surface area contributed by atoms with Gasteiger partial charge >= 0.3 is 5.97 Å². The van der Waals surface area contributed by atoms with Gasteiger partial charge in [0.05, 0.1) is 6.42 Å². The molecule has 3 heteroatoms. The van der Waals surface area contributed by atoms with E-state index in [1.54, 1.807) is 0 Å². The Morgan fingerprint density at radius 3 is 2.50 bits per heavy atom. The van der Waals surface area contributed by atoms with Crippen molar-refractivity contribution in [3.8, 4) is 0 Å². The molecule has 1 aliphatic rings. The molecule has 108 valence electrons. The van der Waals surface area contributed by atoms with E-state index in [9.17, 15) is 9.59 Å². The lowest BCUT2D eigenvalue weighted by atomic mass is 9.70. The van der Waals surface area contributed by atoms with Gasteiger partial charge < -0.3 is 9.53 Å². The van der Waals surface area contributed by atoms with E-state index in [-0.39, 0.29) is 11.4 Å². The maximum Gasteiger partial charge on any atom is 0.306 e. The zero-order valence-electron chi connectivity index (χ0n) is 11.8. The number of rotatable bonds is 6. The van der Waals surface area contributed by atoms with Crippen LogP contribution in [0.4, 0.5) is 0 Å². The molecule has 0 radical (unpaired) electrons. The van der Waals surface area contributed by atoms with Gasteiger partial charge in [0.1, 0.15) is 12.9 Å². The zero-order valence-corrected chi connectivity index (χ0v) is 11.8. The third-order valence-electron chi connectivity index (χ3n) is 4.19. The monoisotopic (exact) mass is 274 g/mol. The van der Waals surface area contributed by atoms with Crippen molar-refractivity contribution in [2.45, 2.75) is 51.6 Å². The van der Waals surface area contributed by atoms with Crippen LogP contribution >= 0.6 is 0 Å². The molecule has 3 nitrogen and oxygen atoms in total. The van der Waals surface area contributed by atoms with Gasteiger partial charge in [-0.1, -0.05) is 49.6 Å². The second-order valence-electron chi connectivity index (χ2n) is 5.75. The van der Waals surface area contributed by atoms with Crippen LogP contribution in [-0.2, 0) is 20.9 Å². The van der Waals surface area contributed by atoms with Crippen molar-refractivity contribution in [3.63, 3.8) is 0 Å². The molecule has 0 unspecified atom stereocenters. The predicted molar refractivity (Wildman–Crippen MR) is 77.1 cm³/mol. The second kappa shape index (κ2) is 7.22. The smallest absolute Gasteiger partial charge is 0.306 e. The first-order valence-corrected chi connectivity index (χ1v) is 7.37. The number of hydrogen-bond donors (Lipinski definition) is 0. The van der Waals surface area contributed by atoms with Crippen molar-refractivity contribution in [2.24, 2.45) is 5.41 Å². The maximum atomic E-state index is 12.0. The van der Waals surface area contributed by atoms with E-state index in [0.29, 0.717) is 19.4 Å². The van der Waals surface area contributed by atoms with Crippen molar-refractivity contribution in [1.29, 1.82) is 0 Å². The molecule has 0 bridgehead atoms. The van der Waals surface area contributed by atoms with Crippen LogP contribution in [0.25, 0.3) is 0 Å². The second-order valence-corrected chi connectivity index (χ2v) is 5.75. The summed E-state index contributed by atoms with van der Waals surface area (Å²) in [6, 6.07) is 9.67. The first-order chi connectivity index (χ1) is 9.74. The number of ether oxygens (including phenoxy) is 1. The van der Waals surface area contributed by atoms with Crippen molar-refractivity contribution in [2.75, 3.05) is 0 Å². The van der Waals surface area contributed by atoms with Crippen LogP contribution < -0.4 is 0 Å². The summed E-state index contributed by atoms with van der Waals surface area (Å²) in [5.74, 6) is -0.183. The van der Waals surface area contributed by atoms with Gasteiger partial charge in [0.2, 0.25) is 0 Å². The van der Waals surface area contributed by atoms with E-state index < -0.39 is 0 Å². The van der Waals surface area contributed by atoms with Gasteiger partial charge in [-0.2, -0.15) is 0 Å². The Hall–Kier alpha value is -1.64. The lowest BCUT2D eigenvalue weighted by molar-refractivity contribution is -0.148. The Morgan fingerprint density at radius 2 is 1.85 bits per heavy atom. The standard InChI is InChI=1S/C17H22O3/c18-12-11-17(9-5-2-6-10-17)13-16(19)20-14-15-7-3-1-4-8-15/h1,3-4,7-8,12H,2,5-6,9-11,13-14H2. The molecule has 1 aliphatic carbocycles. The van der Waals surface area contributed by atoms with Crippen molar-refractivity contribution >= 4 is 12.3 Å². The Morgan fingerprint density at radius 1 is 1.15 bits per heavy atom. The lowest BCUT2D eigenvalue weighted by Gasteiger charge is -2.34. The van der Waals surface area contributed by atoms with Crippen LogP contribution in [0.3, 0.4) is 0 Å². The van der Waals surface area contributed by atoms with Crippen LogP contribution in [-0.4, -0.2) is 12.3 Å². The fraction of sp³-hybridized carbons (Fsp3) is 0.529. The molecule has 2 rings (SSSR count). The highest BCUT2D eigenvalue weighted by Gasteiger charge is 2.34. The van der Waals surface area contributed by atoms with Crippen molar-refractivity contribution in [3.05, 3.63) is 35.9 Å². The molecule has 1 aromatic carbocycles. The molecule has 1 saturated carbocycles. The fourth-order valence-electron chi connectivity index (χ4n) is 3.03. The van der Waals surface area contributed by atoms with Gasteiger partial charge in [-0.3, -0.25) is 4.79 Å². The molecular formula is C17H22O3. The molecule has 1 aromatic rings. The van der Waals surface area contributed by atoms with Crippen LogP contribution in [0.15, 0.2) is 30.3 Å². The topological polar surface area (TPSA) is 43.4 Å². The molecule has 0 atom stereocenters. The van der Waals surface area contributed by atoms with E-state index in [4.69, 9.17) is 4.74 Å². The van der Waals surface area contributed by atoms with Gasteiger partial charge in [-0.15, -0.1) is 0 Å². The third-order valence-corrected chi connectivity index (χ3v) is 4.19. The van der Waals surface area contributed by atoms with E-state index >= 15 is 0 Å². The summed E-state index contributed by atoms with van der Waals surface area (Å²) in [6.45, 7) is 0.316. The Kier molecular flexibility index (Phi) is 5.33. The number of hydrogen-bond acceptors (Lipinski definition) is 3. The summed E-state index contributed by atoms with van der Waals surface area (Å²) in [5, 5.41) is 0. The van der Waals surface area contributed by atoms with Crippen molar-refractivity contribution in [1.82, 2.24) is 0 Å². The van der Waals surface area contributed by atoms with Crippen LogP contribution in [0.1, 0.15) is 50.5 Å². The van der Waals surface area contributed by atoms with E-state index in [0.717, 1.165) is 37.5 Å². The molecule has 0 saturated heterocycles. The molecular weight excluding hydrogens is 252 g/mol. The molecule has 0 aliphatic heterocycles. The Bertz CT molecular complexity index is 433. The largest absolute Gasteiger partial charge is 0.461 e. The summed E-state index contributed by atoms with van der Waals surface area (Å²) in [7, 11) is 0. The summed E-state index contributed by atoms with van der Waals surface area (Å²) in [4.78, 5) is 22.9. The molecule has 1 fully saturated rings. The van der Waals surface area contributed by atoms with Gasteiger partial charge in [0, 0.05) is 6.42 Å². The third kappa shape index (κ3) is 4.19. The molecule has 20 heavy (non-hydrogen) atoms. The number of carbonyl (C=O) groups excluding carboxylic acids is 2. The van der Waals surface area contributed by atoms with Gasteiger partial charge in [0.25, 0.3) is 0 Å². The SMILES string of the molecule is O=CCC1(CC(=O)OCc2ccccc2)CCCCC1. The van der Waals surface area contributed by atoms with Gasteiger partial charge in [0.15, 0.2) is 0 Å². The van der Waals surface area contributed by atoms with Crippen LogP contribution in [0.2, 0.25) is 0 Å². The molecule has 0 amide bonds. The van der Waals surface area contributed by atoms with Crippen LogP contribution in [0.5, 0.6) is 0 Å². The number of carbonyl (C=O) groups is 2. The Labute approximate surface area is 120 Å².